The van der Waals surface area contributed by atoms with E-state index < -0.39 is 5.60 Å². The molecule has 3 saturated carbocycles. The molecular formula is C30H34O3. The van der Waals surface area contributed by atoms with E-state index in [0.717, 1.165) is 56.9 Å². The Bertz CT molecular complexity index is 1030. The van der Waals surface area contributed by atoms with Gasteiger partial charge in [-0.25, -0.2) is 4.79 Å². The lowest BCUT2D eigenvalue weighted by Gasteiger charge is -2.56. The van der Waals surface area contributed by atoms with Gasteiger partial charge < -0.3 is 4.74 Å². The largest absolute Gasteiger partial charge is 0.442 e. The van der Waals surface area contributed by atoms with E-state index in [1.165, 1.54) is 11.6 Å². The van der Waals surface area contributed by atoms with Gasteiger partial charge in [-0.1, -0.05) is 48.7 Å². The van der Waals surface area contributed by atoms with Gasteiger partial charge in [0.1, 0.15) is 0 Å². The minimum atomic E-state index is -0.825. The van der Waals surface area contributed by atoms with E-state index in [0.29, 0.717) is 35.9 Å². The molecule has 3 nitrogen and oxygen atoms in total. The molecule has 6 atom stereocenters. The van der Waals surface area contributed by atoms with Gasteiger partial charge in [0.05, 0.1) is 0 Å². The number of hydrogen-bond acceptors (Lipinski definition) is 3. The number of allylic oxidation sites excluding steroid dienone is 1. The Morgan fingerprint density at radius 1 is 1.12 bits per heavy atom. The maximum absolute atomic E-state index is 12.9. The Hall–Kier alpha value is -2.60. The number of carbonyl (C=O) groups excluding carboxylic acids is 2. The van der Waals surface area contributed by atoms with Gasteiger partial charge in [-0.15, -0.1) is 6.42 Å². The van der Waals surface area contributed by atoms with Crippen molar-refractivity contribution in [3.63, 3.8) is 0 Å². The molecule has 33 heavy (non-hydrogen) atoms. The monoisotopic (exact) mass is 442 g/mol. The first kappa shape index (κ1) is 22.2. The molecule has 0 bridgehead atoms. The van der Waals surface area contributed by atoms with E-state index in [-0.39, 0.29) is 11.4 Å². The van der Waals surface area contributed by atoms with Gasteiger partial charge in [-0.05, 0) is 92.8 Å². The summed E-state index contributed by atoms with van der Waals surface area (Å²) in [5, 5.41) is 0. The molecule has 0 radical (unpaired) electrons. The van der Waals surface area contributed by atoms with E-state index in [1.54, 1.807) is 6.08 Å². The molecule has 0 N–H and O–H groups in total. The fourth-order valence-corrected chi connectivity index (χ4v) is 8.05. The molecule has 0 aliphatic heterocycles. The molecule has 4 aliphatic rings. The Morgan fingerprint density at radius 3 is 2.70 bits per heavy atom. The van der Waals surface area contributed by atoms with E-state index in [9.17, 15) is 9.59 Å². The Labute approximate surface area is 197 Å². The summed E-state index contributed by atoms with van der Waals surface area (Å²) in [5.41, 5.74) is 1.39. The number of fused-ring (bicyclic) bond motifs is 5. The third-order valence-corrected chi connectivity index (χ3v) is 9.47. The summed E-state index contributed by atoms with van der Waals surface area (Å²) >= 11 is 0. The van der Waals surface area contributed by atoms with Gasteiger partial charge in [0.15, 0.2) is 11.4 Å². The van der Waals surface area contributed by atoms with Crippen molar-refractivity contribution in [2.45, 2.75) is 70.3 Å². The normalized spacial score (nSPS) is 37.5. The molecule has 0 amide bonds. The van der Waals surface area contributed by atoms with Crippen LogP contribution in [-0.4, -0.2) is 17.4 Å². The second-order valence-corrected chi connectivity index (χ2v) is 10.5. The summed E-state index contributed by atoms with van der Waals surface area (Å²) < 4.78 is 6.22. The molecule has 3 fully saturated rings. The van der Waals surface area contributed by atoms with E-state index in [1.807, 2.05) is 36.4 Å². The van der Waals surface area contributed by atoms with Crippen LogP contribution in [0.3, 0.4) is 0 Å². The topological polar surface area (TPSA) is 43.4 Å². The summed E-state index contributed by atoms with van der Waals surface area (Å²) in [6.45, 7) is 2.23. The zero-order valence-corrected chi connectivity index (χ0v) is 19.6. The number of rotatable bonds is 4. The van der Waals surface area contributed by atoms with Crippen molar-refractivity contribution in [3.05, 3.63) is 53.6 Å². The van der Waals surface area contributed by atoms with Crippen LogP contribution in [0.4, 0.5) is 0 Å². The molecule has 5 rings (SSSR count). The van der Waals surface area contributed by atoms with Crippen LogP contribution in [0, 0.1) is 41.4 Å². The summed E-state index contributed by atoms with van der Waals surface area (Å²) in [4.78, 5) is 24.9. The molecule has 1 aromatic rings. The minimum absolute atomic E-state index is 0.148. The highest BCUT2D eigenvalue weighted by molar-refractivity contribution is 5.91. The third-order valence-electron chi connectivity index (χ3n) is 9.47. The predicted molar refractivity (Wildman–Crippen MR) is 130 cm³/mol. The van der Waals surface area contributed by atoms with Gasteiger partial charge >= 0.3 is 5.97 Å². The summed E-state index contributed by atoms with van der Waals surface area (Å²) in [6, 6.07) is 9.79. The molecule has 0 heterocycles. The van der Waals surface area contributed by atoms with Crippen molar-refractivity contribution in [2.75, 3.05) is 0 Å². The molecular weight excluding hydrogens is 408 g/mol. The van der Waals surface area contributed by atoms with E-state index in [2.05, 4.69) is 12.8 Å². The summed E-state index contributed by atoms with van der Waals surface area (Å²) in [7, 11) is 0. The van der Waals surface area contributed by atoms with Crippen LogP contribution >= 0.6 is 0 Å². The SMILES string of the molecule is C#C[C@]1(OC(=O)/C=C/c2ccccc2)CCC2C3CCC4=CC(=O)CCC4C3CC[C@@]21CC. The number of hydrogen-bond donors (Lipinski definition) is 0. The van der Waals surface area contributed by atoms with Gasteiger partial charge in [0, 0.05) is 17.9 Å². The first-order chi connectivity index (χ1) is 16.0. The highest BCUT2D eigenvalue weighted by Gasteiger charge is 2.65. The van der Waals surface area contributed by atoms with Crippen molar-refractivity contribution in [1.82, 2.24) is 0 Å². The molecule has 0 spiro atoms. The lowest BCUT2D eigenvalue weighted by molar-refractivity contribution is -0.167. The van der Waals surface area contributed by atoms with Gasteiger partial charge in [-0.2, -0.15) is 0 Å². The summed E-state index contributed by atoms with van der Waals surface area (Å²) in [6.07, 6.45) is 20.2. The van der Waals surface area contributed by atoms with Crippen molar-refractivity contribution >= 4 is 17.8 Å². The lowest BCUT2D eigenvalue weighted by Crippen LogP contribution is -2.55. The zero-order chi connectivity index (χ0) is 23.1. The smallest absolute Gasteiger partial charge is 0.332 e. The van der Waals surface area contributed by atoms with Gasteiger partial charge in [-0.3, -0.25) is 4.79 Å². The third kappa shape index (κ3) is 3.59. The molecule has 4 unspecified atom stereocenters. The Kier molecular flexibility index (Phi) is 5.81. The van der Waals surface area contributed by atoms with Crippen molar-refractivity contribution in [2.24, 2.45) is 29.1 Å². The van der Waals surface area contributed by atoms with Crippen LogP contribution in [0.5, 0.6) is 0 Å². The van der Waals surface area contributed by atoms with Gasteiger partial charge in [0.25, 0.3) is 0 Å². The fourth-order valence-electron chi connectivity index (χ4n) is 8.05. The van der Waals surface area contributed by atoms with Crippen LogP contribution in [0.15, 0.2) is 48.1 Å². The average molecular weight is 443 g/mol. The van der Waals surface area contributed by atoms with Crippen LogP contribution in [-0.2, 0) is 14.3 Å². The Morgan fingerprint density at radius 2 is 1.94 bits per heavy atom. The minimum Gasteiger partial charge on any atom is -0.442 e. The molecule has 172 valence electrons. The molecule has 1 aromatic carbocycles. The molecule has 0 aromatic heterocycles. The average Bonchev–Trinajstić information content (AvgIpc) is 3.17. The fraction of sp³-hybridized carbons (Fsp3) is 0.533. The number of ketones is 1. The maximum Gasteiger partial charge on any atom is 0.332 e. The standard InChI is InChI=1S/C30H34O3/c1-3-29-18-16-25-24-14-12-23(31)20-22(24)11-13-26(25)27(29)17-19-30(29,4-2)33-28(32)15-10-21-8-6-5-7-9-21/h2,5-10,15,20,24-27H,3,11-14,16-19H2,1H3/b15-10+/t24?,25?,26?,27?,29-,30-/m0/s1. The highest BCUT2D eigenvalue weighted by atomic mass is 16.6. The second kappa shape index (κ2) is 8.64. The lowest BCUT2D eigenvalue weighted by atomic mass is 9.49. The van der Waals surface area contributed by atoms with E-state index >= 15 is 0 Å². The summed E-state index contributed by atoms with van der Waals surface area (Å²) in [5.74, 6) is 5.30. The first-order valence-corrected chi connectivity index (χ1v) is 12.7. The molecule has 4 aliphatic carbocycles. The van der Waals surface area contributed by atoms with Crippen molar-refractivity contribution in [1.29, 1.82) is 0 Å². The number of benzene rings is 1. The highest BCUT2D eigenvalue weighted by Crippen LogP contribution is 2.67. The Balaban J connectivity index is 1.39. The number of esters is 1. The van der Waals surface area contributed by atoms with Gasteiger partial charge in [0.2, 0.25) is 0 Å². The maximum atomic E-state index is 12.9. The van der Waals surface area contributed by atoms with E-state index in [4.69, 9.17) is 11.2 Å². The van der Waals surface area contributed by atoms with Crippen LogP contribution in [0.2, 0.25) is 0 Å². The van der Waals surface area contributed by atoms with Crippen LogP contribution in [0.1, 0.15) is 70.3 Å². The van der Waals surface area contributed by atoms with Crippen LogP contribution in [0.25, 0.3) is 6.08 Å². The van der Waals surface area contributed by atoms with Crippen molar-refractivity contribution in [3.8, 4) is 12.3 Å². The zero-order valence-electron chi connectivity index (χ0n) is 19.6. The quantitative estimate of drug-likeness (QED) is 0.319. The predicted octanol–water partition coefficient (Wildman–Crippen LogP) is 6.15. The van der Waals surface area contributed by atoms with Crippen molar-refractivity contribution < 1.29 is 14.3 Å². The number of ether oxygens (including phenoxy) is 1. The first-order valence-electron chi connectivity index (χ1n) is 12.7. The number of carbonyl (C=O) groups is 2. The number of terminal acetylenes is 1. The molecule has 0 saturated heterocycles. The molecule has 3 heteroatoms. The second-order valence-electron chi connectivity index (χ2n) is 10.5. The van der Waals surface area contributed by atoms with Crippen LogP contribution < -0.4 is 0 Å².